The van der Waals surface area contributed by atoms with Crippen molar-refractivity contribution < 1.29 is 31.1 Å². The molecule has 0 unspecified atom stereocenters. The molecule has 43 heavy (non-hydrogen) atoms. The number of halogens is 3. The van der Waals surface area contributed by atoms with E-state index in [4.69, 9.17) is 9.47 Å². The van der Waals surface area contributed by atoms with E-state index in [1.165, 1.54) is 19.2 Å². The van der Waals surface area contributed by atoms with Crippen LogP contribution in [0.2, 0.25) is 0 Å². The van der Waals surface area contributed by atoms with E-state index in [0.29, 0.717) is 41.2 Å². The Labute approximate surface area is 248 Å². The van der Waals surface area contributed by atoms with E-state index in [2.05, 4.69) is 27.4 Å². The zero-order valence-corrected chi connectivity index (χ0v) is 24.5. The first-order valence-electron chi connectivity index (χ1n) is 13.5. The number of anilines is 4. The zero-order valence-electron chi connectivity index (χ0n) is 23.7. The van der Waals surface area contributed by atoms with Crippen molar-refractivity contribution in [2.75, 3.05) is 61.7 Å². The maximum Gasteiger partial charge on any atom is 0.406 e. The highest BCUT2D eigenvalue weighted by Gasteiger charge is 2.30. The maximum atomic E-state index is 13.6. The number of methoxy groups -OCH3 is 1. The topological polar surface area (TPSA) is 84.8 Å². The van der Waals surface area contributed by atoms with E-state index >= 15 is 0 Å². The second-order valence-electron chi connectivity index (χ2n) is 10.0. The summed E-state index contributed by atoms with van der Waals surface area (Å²) in [5.41, 5.74) is 3.67. The molecule has 4 aromatic rings. The Balaban J connectivity index is 1.39. The molecule has 0 spiro atoms. The molecule has 0 bridgehead atoms. The van der Waals surface area contributed by atoms with Crippen molar-refractivity contribution in [3.05, 3.63) is 72.4 Å². The van der Waals surface area contributed by atoms with Crippen LogP contribution in [0.1, 0.15) is 5.69 Å². The van der Waals surface area contributed by atoms with Gasteiger partial charge in [0.1, 0.15) is 12.3 Å². The Hall–Kier alpha value is -4.34. The average Bonchev–Trinajstić information content (AvgIpc) is 3.32. The second-order valence-corrected chi connectivity index (χ2v) is 12.0. The Kier molecular flexibility index (Phi) is 8.75. The van der Waals surface area contributed by atoms with Crippen molar-refractivity contribution in [2.24, 2.45) is 0 Å². The molecule has 226 valence electrons. The van der Waals surface area contributed by atoms with Crippen LogP contribution in [0.25, 0.3) is 10.9 Å². The number of benzene rings is 3. The van der Waals surface area contributed by atoms with E-state index in [1.54, 1.807) is 24.3 Å². The minimum absolute atomic E-state index is 0.0860. The highest BCUT2D eigenvalue weighted by Crippen LogP contribution is 2.32. The van der Waals surface area contributed by atoms with Gasteiger partial charge in [-0.1, -0.05) is 12.0 Å². The van der Waals surface area contributed by atoms with Crippen LogP contribution in [0.15, 0.2) is 71.6 Å². The van der Waals surface area contributed by atoms with Crippen LogP contribution in [0.3, 0.4) is 0 Å². The number of sulfone groups is 1. The van der Waals surface area contributed by atoms with Crippen molar-refractivity contribution in [3.63, 3.8) is 0 Å². The SMILES string of the molecule is COc1cc(S(C)(=O)=O)ccc1NCC#Cc1cc2c(Nc3ccc(N4CCOCC4)cc3)cccc2n1CC(F)(F)F. The Morgan fingerprint density at radius 1 is 1.00 bits per heavy atom. The third kappa shape index (κ3) is 7.36. The number of morpholine rings is 1. The number of aromatic nitrogens is 1. The minimum atomic E-state index is -4.45. The Bertz CT molecular complexity index is 1770. The zero-order chi connectivity index (χ0) is 30.6. The summed E-state index contributed by atoms with van der Waals surface area (Å²) >= 11 is 0. The van der Waals surface area contributed by atoms with Crippen molar-refractivity contribution in [3.8, 4) is 17.6 Å². The predicted octanol–water partition coefficient (Wildman–Crippen LogP) is 5.66. The summed E-state index contributed by atoms with van der Waals surface area (Å²) in [6, 6.07) is 19.1. The van der Waals surface area contributed by atoms with Gasteiger partial charge in [-0.05, 0) is 60.5 Å². The fourth-order valence-corrected chi connectivity index (χ4v) is 5.54. The van der Waals surface area contributed by atoms with E-state index in [1.807, 2.05) is 30.3 Å². The lowest BCUT2D eigenvalue weighted by molar-refractivity contribution is -0.140. The van der Waals surface area contributed by atoms with Gasteiger partial charge < -0.3 is 29.6 Å². The van der Waals surface area contributed by atoms with Gasteiger partial charge in [-0.2, -0.15) is 13.2 Å². The normalized spacial score (nSPS) is 13.8. The molecule has 2 N–H and O–H groups in total. The van der Waals surface area contributed by atoms with Crippen molar-refractivity contribution in [2.45, 2.75) is 17.6 Å². The summed E-state index contributed by atoms with van der Waals surface area (Å²) in [6.07, 6.45) is -3.35. The van der Waals surface area contributed by atoms with Crippen LogP contribution in [-0.4, -0.2) is 65.4 Å². The van der Waals surface area contributed by atoms with Gasteiger partial charge in [0.15, 0.2) is 9.84 Å². The van der Waals surface area contributed by atoms with Gasteiger partial charge in [0.05, 0.1) is 48.7 Å². The molecule has 1 aromatic heterocycles. The predicted molar refractivity (Wildman–Crippen MR) is 162 cm³/mol. The quantitative estimate of drug-likeness (QED) is 0.249. The smallest absolute Gasteiger partial charge is 0.406 e. The molecule has 0 atom stereocenters. The number of nitrogens with one attached hydrogen (secondary N) is 2. The fourth-order valence-electron chi connectivity index (χ4n) is 4.90. The number of hydrogen-bond donors (Lipinski definition) is 2. The summed E-state index contributed by atoms with van der Waals surface area (Å²) in [5.74, 6) is 6.07. The average molecular weight is 613 g/mol. The Morgan fingerprint density at radius 2 is 1.74 bits per heavy atom. The van der Waals surface area contributed by atoms with Crippen molar-refractivity contribution >= 4 is 43.5 Å². The van der Waals surface area contributed by atoms with Crippen LogP contribution < -0.4 is 20.3 Å². The van der Waals surface area contributed by atoms with Gasteiger partial charge >= 0.3 is 6.18 Å². The second kappa shape index (κ2) is 12.5. The van der Waals surface area contributed by atoms with Gasteiger partial charge in [-0.3, -0.25) is 0 Å². The molecule has 1 saturated heterocycles. The van der Waals surface area contributed by atoms with Crippen LogP contribution in [0.5, 0.6) is 5.75 Å². The fraction of sp³-hybridized carbons (Fsp3) is 0.290. The first-order valence-corrected chi connectivity index (χ1v) is 15.4. The number of rotatable bonds is 8. The maximum absolute atomic E-state index is 13.6. The minimum Gasteiger partial charge on any atom is -0.495 e. The lowest BCUT2D eigenvalue weighted by Gasteiger charge is -2.29. The number of fused-ring (bicyclic) bond motifs is 1. The molecule has 1 fully saturated rings. The highest BCUT2D eigenvalue weighted by molar-refractivity contribution is 7.90. The third-order valence-electron chi connectivity index (χ3n) is 6.99. The van der Waals surface area contributed by atoms with E-state index in [-0.39, 0.29) is 17.1 Å². The van der Waals surface area contributed by atoms with Gasteiger partial charge in [-0.15, -0.1) is 0 Å². The van der Waals surface area contributed by atoms with Gasteiger partial charge in [-0.25, -0.2) is 8.42 Å². The highest BCUT2D eigenvalue weighted by atomic mass is 32.2. The standard InChI is InChI=1S/C31H31F3N4O4S/c1-41-30-20-25(43(2,39)40)12-13-28(30)35-14-4-5-24-19-26-27(6-3-7-29(26)38(24)21-31(32,33)34)36-22-8-10-23(11-9-22)37-15-17-42-18-16-37/h3,6-13,19-20,35-36H,14-18,21H2,1-2H3. The van der Waals surface area contributed by atoms with Crippen LogP contribution in [0.4, 0.5) is 35.9 Å². The number of nitrogens with zero attached hydrogens (tertiary/aromatic N) is 2. The molecular weight excluding hydrogens is 581 g/mol. The molecule has 1 aliphatic heterocycles. The lowest BCUT2D eigenvalue weighted by Crippen LogP contribution is -2.36. The third-order valence-corrected chi connectivity index (χ3v) is 8.10. The molecule has 0 saturated carbocycles. The first kappa shape index (κ1) is 30.1. The Morgan fingerprint density at radius 3 is 2.42 bits per heavy atom. The van der Waals surface area contributed by atoms with E-state index in [9.17, 15) is 21.6 Å². The van der Waals surface area contributed by atoms with Crippen LogP contribution in [0, 0.1) is 11.8 Å². The van der Waals surface area contributed by atoms with Gasteiger partial charge in [0.25, 0.3) is 0 Å². The molecule has 0 aliphatic carbocycles. The molecule has 1 aliphatic rings. The summed E-state index contributed by atoms with van der Waals surface area (Å²) in [7, 11) is -2.00. The van der Waals surface area contributed by atoms with Crippen LogP contribution in [-0.2, 0) is 21.1 Å². The molecule has 12 heteroatoms. The molecule has 8 nitrogen and oxygen atoms in total. The summed E-state index contributed by atoms with van der Waals surface area (Å²) in [6.45, 7) is 1.91. The number of hydrogen-bond acceptors (Lipinski definition) is 7. The number of ether oxygens (including phenoxy) is 2. The van der Waals surface area contributed by atoms with Crippen molar-refractivity contribution in [1.82, 2.24) is 4.57 Å². The molecule has 2 heterocycles. The van der Waals surface area contributed by atoms with E-state index in [0.717, 1.165) is 35.3 Å². The molecular formula is C31H31F3N4O4S. The molecule has 0 radical (unpaired) electrons. The van der Waals surface area contributed by atoms with Crippen LogP contribution >= 0.6 is 0 Å². The summed E-state index contributed by atoms with van der Waals surface area (Å²) in [5, 5.41) is 6.99. The van der Waals surface area contributed by atoms with Gasteiger partial charge in [0, 0.05) is 47.9 Å². The van der Waals surface area contributed by atoms with E-state index < -0.39 is 22.6 Å². The molecule has 0 amide bonds. The first-order chi connectivity index (χ1) is 20.5. The molecule has 5 rings (SSSR count). The number of alkyl halides is 3. The van der Waals surface area contributed by atoms with Gasteiger partial charge in [0.2, 0.25) is 0 Å². The summed E-state index contributed by atoms with van der Waals surface area (Å²) in [4.78, 5) is 2.35. The molecule has 3 aromatic carbocycles. The largest absolute Gasteiger partial charge is 0.495 e. The lowest BCUT2D eigenvalue weighted by atomic mass is 10.2. The summed E-state index contributed by atoms with van der Waals surface area (Å²) < 4.78 is 76.4. The monoisotopic (exact) mass is 612 g/mol. The van der Waals surface area contributed by atoms with Crippen molar-refractivity contribution in [1.29, 1.82) is 0 Å².